The van der Waals surface area contributed by atoms with E-state index in [1.165, 1.54) is 30.5 Å². The molecule has 1 aromatic carbocycles. The molecule has 4 bridgehead atoms. The van der Waals surface area contributed by atoms with Crippen molar-refractivity contribution < 1.29 is 24.1 Å². The molecule has 4 saturated carbocycles. The number of carbonyl (C=O) groups is 1. The number of piperidine rings is 1. The number of benzene rings is 1. The quantitative estimate of drug-likeness (QED) is 0.372. The lowest BCUT2D eigenvalue weighted by molar-refractivity contribution is -0.312. The average Bonchev–Trinajstić information content (AvgIpc) is 3.59. The van der Waals surface area contributed by atoms with Crippen LogP contribution in [0, 0.1) is 22.7 Å². The van der Waals surface area contributed by atoms with Crippen LogP contribution in [-0.4, -0.2) is 76.1 Å². The molecule has 8 aliphatic rings. The minimum atomic E-state index is -0.854. The number of phenols is 1. The van der Waals surface area contributed by atoms with Crippen molar-refractivity contribution in [1.82, 2.24) is 14.8 Å². The van der Waals surface area contributed by atoms with E-state index in [0.717, 1.165) is 63.0 Å². The highest BCUT2D eigenvalue weighted by atomic mass is 16.6. The average molecular weight is 642 g/mol. The van der Waals surface area contributed by atoms with Gasteiger partial charge in [0.1, 0.15) is 17.3 Å². The molecule has 8 heteroatoms. The van der Waals surface area contributed by atoms with Crippen LogP contribution in [0.5, 0.6) is 11.5 Å². The second-order valence-corrected chi connectivity index (χ2v) is 17.3. The fourth-order valence-electron chi connectivity index (χ4n) is 11.9. The standard InChI is InChI=1S/C39H51N3O5/c1-35(2,3)36(4,47-34(44)42-18-7-9-27(42)26-8-6-17-40-22-26)29-21-37-14-15-39(29,45-5)33-38(37)16-19-41(23-24-10-11-24)30(37)20-25-12-13-28(43)32(46-33)31(25)38/h6,8,12-13,17,22,24,27,29-30,33,43H,7,9-11,14-16,18-21,23H2,1-5H3/t27-,29+,30+,33+,36-,37?,38?,39+/m0/s1. The highest BCUT2D eigenvalue weighted by molar-refractivity contribution is 5.70. The summed E-state index contributed by atoms with van der Waals surface area (Å²) < 4.78 is 21.0. The molecule has 2 aromatic rings. The summed E-state index contributed by atoms with van der Waals surface area (Å²) >= 11 is 0. The van der Waals surface area contributed by atoms with Crippen LogP contribution >= 0.6 is 0 Å². The number of likely N-dealkylation sites (tertiary alicyclic amines) is 2. The number of amides is 1. The predicted octanol–water partition coefficient (Wildman–Crippen LogP) is 6.79. The van der Waals surface area contributed by atoms with Gasteiger partial charge in [-0.25, -0.2) is 4.79 Å². The normalized spacial score (nSPS) is 38.1. The number of hydrogen-bond acceptors (Lipinski definition) is 7. The Morgan fingerprint density at radius 3 is 2.66 bits per heavy atom. The number of carbonyl (C=O) groups excluding carboxylic acids is 1. The largest absolute Gasteiger partial charge is 0.504 e. The van der Waals surface area contributed by atoms with Crippen LogP contribution in [0.2, 0.25) is 0 Å². The number of rotatable bonds is 6. The van der Waals surface area contributed by atoms with Gasteiger partial charge in [-0.05, 0) is 100 Å². The molecule has 5 aliphatic carbocycles. The van der Waals surface area contributed by atoms with Gasteiger partial charge < -0.3 is 24.2 Å². The van der Waals surface area contributed by atoms with E-state index in [9.17, 15) is 9.90 Å². The number of pyridine rings is 1. The molecular weight excluding hydrogens is 590 g/mol. The third-order valence-electron chi connectivity index (χ3n) is 14.7. The lowest BCUT2D eigenvalue weighted by atomic mass is 9.33. The van der Waals surface area contributed by atoms with Crippen LogP contribution in [-0.2, 0) is 21.3 Å². The minimum absolute atomic E-state index is 0.0378. The second kappa shape index (κ2) is 9.87. The maximum atomic E-state index is 14.5. The van der Waals surface area contributed by atoms with Crippen molar-refractivity contribution in [2.24, 2.45) is 22.7 Å². The van der Waals surface area contributed by atoms with Crippen molar-refractivity contribution in [3.63, 3.8) is 0 Å². The molecule has 4 heterocycles. The molecule has 6 fully saturated rings. The maximum Gasteiger partial charge on any atom is 0.410 e. The van der Waals surface area contributed by atoms with Gasteiger partial charge in [0.05, 0.1) is 6.04 Å². The summed E-state index contributed by atoms with van der Waals surface area (Å²) in [7, 11) is 1.85. The van der Waals surface area contributed by atoms with Crippen LogP contribution < -0.4 is 4.74 Å². The smallest absolute Gasteiger partial charge is 0.410 e. The van der Waals surface area contributed by atoms with Crippen molar-refractivity contribution in [3.8, 4) is 11.5 Å². The van der Waals surface area contributed by atoms with Gasteiger partial charge in [-0.3, -0.25) is 9.88 Å². The van der Waals surface area contributed by atoms with Crippen molar-refractivity contribution in [1.29, 1.82) is 0 Å². The van der Waals surface area contributed by atoms with E-state index in [1.54, 1.807) is 6.20 Å². The third-order valence-corrected chi connectivity index (χ3v) is 14.7. The Morgan fingerprint density at radius 1 is 1.11 bits per heavy atom. The number of nitrogens with zero attached hydrogens (tertiary/aromatic N) is 3. The second-order valence-electron chi connectivity index (χ2n) is 17.3. The molecule has 1 amide bonds. The summed E-state index contributed by atoms with van der Waals surface area (Å²) in [6, 6.07) is 8.37. The van der Waals surface area contributed by atoms with E-state index in [0.29, 0.717) is 18.3 Å². The molecular formula is C39H51N3O5. The molecule has 8 atom stereocenters. The van der Waals surface area contributed by atoms with Crippen LogP contribution in [0.1, 0.15) is 102 Å². The van der Waals surface area contributed by atoms with Crippen LogP contribution in [0.4, 0.5) is 4.79 Å². The molecule has 2 saturated heterocycles. The first-order valence-electron chi connectivity index (χ1n) is 18.2. The molecule has 8 nitrogen and oxygen atoms in total. The topological polar surface area (TPSA) is 84.4 Å². The Bertz CT molecular complexity index is 1610. The summed E-state index contributed by atoms with van der Waals surface area (Å²) in [5.74, 6) is 1.63. The molecule has 0 radical (unpaired) electrons. The summed E-state index contributed by atoms with van der Waals surface area (Å²) in [6.07, 6.45) is 12.5. The molecule has 10 rings (SSSR count). The van der Waals surface area contributed by atoms with E-state index < -0.39 is 11.2 Å². The molecule has 1 N–H and O–H groups in total. The van der Waals surface area contributed by atoms with Gasteiger partial charge in [-0.15, -0.1) is 0 Å². The van der Waals surface area contributed by atoms with E-state index in [1.807, 2.05) is 30.3 Å². The number of methoxy groups -OCH3 is 1. The summed E-state index contributed by atoms with van der Waals surface area (Å²) in [5.41, 5.74) is 1.44. The van der Waals surface area contributed by atoms with Crippen LogP contribution in [0.25, 0.3) is 0 Å². The Morgan fingerprint density at radius 2 is 1.94 bits per heavy atom. The van der Waals surface area contributed by atoms with Gasteiger partial charge in [0.25, 0.3) is 0 Å². The van der Waals surface area contributed by atoms with Crippen molar-refractivity contribution in [2.75, 3.05) is 26.7 Å². The molecule has 2 spiro atoms. The van der Waals surface area contributed by atoms with Gasteiger partial charge in [-0.1, -0.05) is 32.9 Å². The zero-order chi connectivity index (χ0) is 32.6. The zero-order valence-electron chi connectivity index (χ0n) is 28.8. The Balaban J connectivity index is 1.16. The van der Waals surface area contributed by atoms with Crippen molar-refractivity contribution in [2.45, 2.75) is 120 Å². The van der Waals surface area contributed by atoms with E-state index in [-0.39, 0.29) is 46.2 Å². The van der Waals surface area contributed by atoms with Crippen LogP contribution in [0.15, 0.2) is 36.7 Å². The number of aromatic nitrogens is 1. The third kappa shape index (κ3) is 3.78. The lowest BCUT2D eigenvalue weighted by Crippen LogP contribution is -2.83. The highest BCUT2D eigenvalue weighted by Gasteiger charge is 2.83. The van der Waals surface area contributed by atoms with E-state index in [4.69, 9.17) is 14.2 Å². The molecule has 2 unspecified atom stereocenters. The van der Waals surface area contributed by atoms with Crippen LogP contribution in [0.3, 0.4) is 0 Å². The van der Waals surface area contributed by atoms with Gasteiger partial charge in [0.2, 0.25) is 0 Å². The number of fused-ring (bicyclic) bond motifs is 2. The van der Waals surface area contributed by atoms with E-state index >= 15 is 0 Å². The molecule has 252 valence electrons. The molecule has 3 aliphatic heterocycles. The first kappa shape index (κ1) is 30.2. The molecule has 1 aromatic heterocycles. The first-order chi connectivity index (χ1) is 22.5. The SMILES string of the molecule is CO[C@]12CCC3(C[C@@H]1[C@](C)(OC(=O)N1CCC[C@H]1c1cccnc1)C(C)(C)C)[C@H]1Cc4ccc(O)c5c4C3(CCN1CC1CC1)[C@H]2O5. The summed E-state index contributed by atoms with van der Waals surface area (Å²) in [6.45, 7) is 11.7. The maximum absolute atomic E-state index is 14.5. The summed E-state index contributed by atoms with van der Waals surface area (Å²) in [4.78, 5) is 23.6. The number of aromatic hydroxyl groups is 1. The van der Waals surface area contributed by atoms with Crippen molar-refractivity contribution >= 4 is 6.09 Å². The van der Waals surface area contributed by atoms with E-state index in [2.05, 4.69) is 49.7 Å². The first-order valence-corrected chi connectivity index (χ1v) is 18.2. The van der Waals surface area contributed by atoms with Crippen molar-refractivity contribution in [3.05, 3.63) is 53.3 Å². The molecule has 47 heavy (non-hydrogen) atoms. The predicted molar refractivity (Wildman–Crippen MR) is 177 cm³/mol. The lowest BCUT2D eigenvalue weighted by Gasteiger charge is -2.75. The monoisotopic (exact) mass is 641 g/mol. The van der Waals surface area contributed by atoms with Gasteiger partial charge in [0.15, 0.2) is 11.5 Å². The van der Waals surface area contributed by atoms with Gasteiger partial charge in [-0.2, -0.15) is 0 Å². The Labute approximate surface area is 279 Å². The van der Waals surface area contributed by atoms with Gasteiger partial charge >= 0.3 is 6.09 Å². The minimum Gasteiger partial charge on any atom is -0.504 e. The fourth-order valence-corrected chi connectivity index (χ4v) is 11.9. The van der Waals surface area contributed by atoms with Gasteiger partial charge in [0, 0.05) is 66.4 Å². The Hall–Kier alpha value is -2.84. The zero-order valence-corrected chi connectivity index (χ0v) is 28.8. The highest BCUT2D eigenvalue weighted by Crippen LogP contribution is 2.78. The number of ether oxygens (including phenoxy) is 3. The summed E-state index contributed by atoms with van der Waals surface area (Å²) in [5, 5.41) is 11.3. The number of phenolic OH excluding ortho intramolecular Hbond substituents is 1. The fraction of sp³-hybridized carbons (Fsp3) is 0.692. The number of hydrogen-bond donors (Lipinski definition) is 1. The Kier molecular flexibility index (Phi) is 6.35.